The average Bonchev–Trinajstić information content (AvgIpc) is 3.15. The van der Waals surface area contributed by atoms with Gasteiger partial charge < -0.3 is 10.6 Å². The fraction of sp³-hybridized carbons (Fsp3) is 0.412. The zero-order valence-corrected chi connectivity index (χ0v) is 13.7. The van der Waals surface area contributed by atoms with E-state index in [-0.39, 0.29) is 12.5 Å². The molecule has 3 N–H and O–H groups in total. The van der Waals surface area contributed by atoms with Crippen molar-refractivity contribution >= 4 is 23.9 Å². The van der Waals surface area contributed by atoms with Crippen molar-refractivity contribution in [1.82, 2.24) is 20.9 Å². The second-order valence-electron chi connectivity index (χ2n) is 6.33. The third-order valence-electron chi connectivity index (χ3n) is 4.55. The highest BCUT2D eigenvalue weighted by molar-refractivity contribution is 6.10. The lowest BCUT2D eigenvalue weighted by Crippen LogP contribution is -2.47. The monoisotopic (exact) mass is 344 g/mol. The van der Waals surface area contributed by atoms with Crippen LogP contribution in [-0.2, 0) is 16.1 Å². The van der Waals surface area contributed by atoms with Gasteiger partial charge in [0.1, 0.15) is 12.1 Å². The SMILES string of the molecule is O=C(CN1C(=O)NC2(CCCC2)C1=O)NC(=O)NCc1ccccc1. The Morgan fingerprint density at radius 2 is 1.80 bits per heavy atom. The minimum atomic E-state index is -0.854. The second-order valence-corrected chi connectivity index (χ2v) is 6.33. The van der Waals surface area contributed by atoms with Crippen LogP contribution in [-0.4, -0.2) is 40.9 Å². The van der Waals surface area contributed by atoms with Gasteiger partial charge in [0.05, 0.1) is 0 Å². The van der Waals surface area contributed by atoms with Crippen molar-refractivity contribution in [3.8, 4) is 0 Å². The molecule has 132 valence electrons. The van der Waals surface area contributed by atoms with E-state index in [1.807, 2.05) is 30.3 Å². The van der Waals surface area contributed by atoms with Gasteiger partial charge in [-0.05, 0) is 18.4 Å². The second kappa shape index (κ2) is 6.92. The number of urea groups is 2. The number of imide groups is 2. The van der Waals surface area contributed by atoms with Gasteiger partial charge in [-0.15, -0.1) is 0 Å². The Morgan fingerprint density at radius 3 is 2.48 bits per heavy atom. The van der Waals surface area contributed by atoms with E-state index in [4.69, 9.17) is 0 Å². The maximum atomic E-state index is 12.4. The van der Waals surface area contributed by atoms with Crippen LogP contribution < -0.4 is 16.0 Å². The molecule has 1 spiro atoms. The largest absolute Gasteiger partial charge is 0.334 e. The Morgan fingerprint density at radius 1 is 1.12 bits per heavy atom. The van der Waals surface area contributed by atoms with Crippen molar-refractivity contribution in [3.63, 3.8) is 0 Å². The lowest BCUT2D eigenvalue weighted by Gasteiger charge is -2.19. The number of benzene rings is 1. The maximum absolute atomic E-state index is 12.4. The van der Waals surface area contributed by atoms with E-state index in [9.17, 15) is 19.2 Å². The molecule has 8 heteroatoms. The minimum absolute atomic E-state index is 0.270. The van der Waals surface area contributed by atoms with Crippen LogP contribution in [0.1, 0.15) is 31.2 Å². The van der Waals surface area contributed by atoms with Gasteiger partial charge in [-0.2, -0.15) is 0 Å². The predicted octanol–water partition coefficient (Wildman–Crippen LogP) is 0.877. The summed E-state index contributed by atoms with van der Waals surface area (Å²) in [5.41, 5.74) is 0.0369. The zero-order chi connectivity index (χ0) is 17.9. The van der Waals surface area contributed by atoms with Crippen molar-refractivity contribution in [2.24, 2.45) is 0 Å². The lowest BCUT2D eigenvalue weighted by atomic mass is 9.98. The number of amides is 6. The highest BCUT2D eigenvalue weighted by atomic mass is 16.2. The van der Waals surface area contributed by atoms with Crippen LogP contribution in [0.4, 0.5) is 9.59 Å². The van der Waals surface area contributed by atoms with Gasteiger partial charge in [0.25, 0.3) is 5.91 Å². The van der Waals surface area contributed by atoms with Gasteiger partial charge in [-0.3, -0.25) is 19.8 Å². The Kier molecular flexibility index (Phi) is 4.69. The van der Waals surface area contributed by atoms with E-state index < -0.39 is 30.1 Å². The number of hydrogen-bond acceptors (Lipinski definition) is 4. The number of nitrogens with zero attached hydrogens (tertiary/aromatic N) is 1. The molecule has 1 aliphatic heterocycles. The van der Waals surface area contributed by atoms with Crippen LogP contribution in [0.25, 0.3) is 0 Å². The smallest absolute Gasteiger partial charge is 0.325 e. The summed E-state index contributed by atoms with van der Waals surface area (Å²) in [6.45, 7) is -0.197. The van der Waals surface area contributed by atoms with E-state index in [2.05, 4.69) is 16.0 Å². The minimum Gasteiger partial charge on any atom is -0.334 e. The summed E-state index contributed by atoms with van der Waals surface area (Å²) in [7, 11) is 0. The van der Waals surface area contributed by atoms with Gasteiger partial charge in [0.15, 0.2) is 0 Å². The van der Waals surface area contributed by atoms with Crippen molar-refractivity contribution in [2.45, 2.75) is 37.8 Å². The molecule has 1 saturated carbocycles. The standard InChI is InChI=1S/C17H20N4O4/c22-13(19-15(24)18-10-12-6-2-1-3-7-12)11-21-14(23)17(20-16(21)25)8-4-5-9-17/h1-3,6-7H,4-5,8-11H2,(H,20,25)(H2,18,19,22,24). The summed E-state index contributed by atoms with van der Waals surface area (Å²) < 4.78 is 0. The Balaban J connectivity index is 1.49. The number of carbonyl (C=O) groups is 4. The molecule has 2 aliphatic rings. The molecule has 2 fully saturated rings. The molecular weight excluding hydrogens is 324 g/mol. The first-order valence-corrected chi connectivity index (χ1v) is 8.26. The molecule has 0 atom stereocenters. The summed E-state index contributed by atoms with van der Waals surface area (Å²) >= 11 is 0. The molecule has 1 heterocycles. The van der Waals surface area contributed by atoms with Crippen LogP contribution in [0, 0.1) is 0 Å². The third-order valence-corrected chi connectivity index (χ3v) is 4.55. The fourth-order valence-corrected chi connectivity index (χ4v) is 3.27. The third kappa shape index (κ3) is 3.62. The molecule has 25 heavy (non-hydrogen) atoms. The fourth-order valence-electron chi connectivity index (χ4n) is 3.27. The normalized spacial score (nSPS) is 18.3. The van der Waals surface area contributed by atoms with Crippen LogP contribution >= 0.6 is 0 Å². The Hall–Kier alpha value is -2.90. The van der Waals surface area contributed by atoms with Crippen molar-refractivity contribution in [2.75, 3.05) is 6.54 Å². The molecule has 1 aromatic carbocycles. The zero-order valence-electron chi connectivity index (χ0n) is 13.7. The molecule has 0 unspecified atom stereocenters. The summed E-state index contributed by atoms with van der Waals surface area (Å²) in [5.74, 6) is -1.08. The Labute approximate surface area is 144 Å². The van der Waals surface area contributed by atoms with E-state index >= 15 is 0 Å². The summed E-state index contributed by atoms with van der Waals surface area (Å²) in [4.78, 5) is 49.0. The number of hydrogen-bond donors (Lipinski definition) is 3. The highest BCUT2D eigenvalue weighted by Crippen LogP contribution is 2.34. The molecule has 0 radical (unpaired) electrons. The first-order chi connectivity index (χ1) is 12.0. The molecule has 3 rings (SSSR count). The Bertz CT molecular complexity index is 698. The van der Waals surface area contributed by atoms with Crippen LogP contribution in [0.3, 0.4) is 0 Å². The maximum Gasteiger partial charge on any atom is 0.325 e. The van der Waals surface area contributed by atoms with Crippen LogP contribution in [0.2, 0.25) is 0 Å². The molecule has 8 nitrogen and oxygen atoms in total. The average molecular weight is 344 g/mol. The van der Waals surface area contributed by atoms with E-state index in [1.165, 1.54) is 0 Å². The van der Waals surface area contributed by atoms with Gasteiger partial charge in [0, 0.05) is 6.54 Å². The molecule has 1 saturated heterocycles. The molecule has 6 amide bonds. The van der Waals surface area contributed by atoms with E-state index in [0.717, 1.165) is 23.3 Å². The van der Waals surface area contributed by atoms with Gasteiger partial charge >= 0.3 is 12.1 Å². The summed E-state index contributed by atoms with van der Waals surface area (Å²) in [6, 6.07) is 7.99. The topological polar surface area (TPSA) is 108 Å². The van der Waals surface area contributed by atoms with E-state index in [0.29, 0.717) is 12.8 Å². The van der Waals surface area contributed by atoms with Gasteiger partial charge in [-0.1, -0.05) is 43.2 Å². The number of nitrogens with one attached hydrogen (secondary N) is 3. The van der Waals surface area contributed by atoms with Crippen molar-refractivity contribution in [3.05, 3.63) is 35.9 Å². The summed E-state index contributed by atoms with van der Waals surface area (Å²) in [6.07, 6.45) is 2.92. The van der Waals surface area contributed by atoms with Crippen molar-refractivity contribution < 1.29 is 19.2 Å². The first-order valence-electron chi connectivity index (χ1n) is 8.26. The van der Waals surface area contributed by atoms with Gasteiger partial charge in [-0.25, -0.2) is 9.59 Å². The molecule has 0 bridgehead atoms. The molecule has 1 aromatic rings. The quantitative estimate of drug-likeness (QED) is 0.705. The van der Waals surface area contributed by atoms with E-state index in [1.54, 1.807) is 0 Å². The predicted molar refractivity (Wildman–Crippen MR) is 88.3 cm³/mol. The molecule has 1 aliphatic carbocycles. The highest BCUT2D eigenvalue weighted by Gasteiger charge is 2.52. The number of carbonyl (C=O) groups excluding carboxylic acids is 4. The first kappa shape index (κ1) is 16.9. The molecular formula is C17H20N4O4. The number of rotatable bonds is 4. The van der Waals surface area contributed by atoms with Crippen LogP contribution in [0.5, 0.6) is 0 Å². The lowest BCUT2D eigenvalue weighted by molar-refractivity contribution is -0.134. The van der Waals surface area contributed by atoms with Gasteiger partial charge in [0.2, 0.25) is 5.91 Å². The van der Waals surface area contributed by atoms with Crippen LogP contribution in [0.15, 0.2) is 30.3 Å². The summed E-state index contributed by atoms with van der Waals surface area (Å²) in [5, 5.41) is 7.38. The molecule has 0 aromatic heterocycles. The van der Waals surface area contributed by atoms with Crippen molar-refractivity contribution in [1.29, 1.82) is 0 Å².